The summed E-state index contributed by atoms with van der Waals surface area (Å²) >= 11 is 3.47. The molecule has 2 aromatic rings. The Labute approximate surface area is 132 Å². The highest BCUT2D eigenvalue weighted by molar-refractivity contribution is 9.10. The van der Waals surface area contributed by atoms with Gasteiger partial charge >= 0.3 is 0 Å². The second-order valence-corrected chi connectivity index (χ2v) is 5.46. The number of methoxy groups -OCH3 is 2. The van der Waals surface area contributed by atoms with Crippen molar-refractivity contribution < 1.29 is 13.9 Å². The third-order valence-electron chi connectivity index (χ3n) is 3.21. The lowest BCUT2D eigenvalue weighted by Gasteiger charge is -2.17. The summed E-state index contributed by atoms with van der Waals surface area (Å²) in [5.74, 6) is 0.639. The van der Waals surface area contributed by atoms with Crippen molar-refractivity contribution >= 4 is 21.6 Å². The van der Waals surface area contributed by atoms with E-state index in [0.717, 1.165) is 21.5 Å². The maximum Gasteiger partial charge on any atom is 0.165 e. The topological polar surface area (TPSA) is 30.5 Å². The van der Waals surface area contributed by atoms with E-state index in [9.17, 15) is 4.39 Å². The highest BCUT2D eigenvalue weighted by atomic mass is 79.9. The molecule has 1 unspecified atom stereocenters. The van der Waals surface area contributed by atoms with Gasteiger partial charge in [0.15, 0.2) is 11.6 Å². The monoisotopic (exact) mass is 353 g/mol. The molecule has 0 aromatic heterocycles. The molecule has 2 rings (SSSR count). The van der Waals surface area contributed by atoms with Crippen molar-refractivity contribution in [2.24, 2.45) is 0 Å². The number of halogens is 2. The van der Waals surface area contributed by atoms with Gasteiger partial charge in [0.1, 0.15) is 5.75 Å². The minimum Gasteiger partial charge on any atom is -0.496 e. The summed E-state index contributed by atoms with van der Waals surface area (Å²) in [7, 11) is 3.08. The minimum absolute atomic E-state index is 0.0578. The average Bonchev–Trinajstić information content (AvgIpc) is 2.49. The molecule has 5 heteroatoms. The lowest BCUT2D eigenvalue weighted by Crippen LogP contribution is -2.07. The first-order valence-electron chi connectivity index (χ1n) is 6.48. The van der Waals surface area contributed by atoms with Crippen LogP contribution < -0.4 is 14.8 Å². The van der Waals surface area contributed by atoms with E-state index in [-0.39, 0.29) is 17.6 Å². The molecule has 0 amide bonds. The van der Waals surface area contributed by atoms with Crippen LogP contribution in [-0.2, 0) is 0 Å². The normalized spacial score (nSPS) is 11.9. The van der Waals surface area contributed by atoms with E-state index >= 15 is 0 Å². The maximum atomic E-state index is 13.4. The van der Waals surface area contributed by atoms with Gasteiger partial charge in [0.2, 0.25) is 0 Å². The van der Waals surface area contributed by atoms with Crippen molar-refractivity contribution in [3.8, 4) is 11.5 Å². The van der Waals surface area contributed by atoms with Crippen molar-refractivity contribution in [2.75, 3.05) is 19.5 Å². The number of hydrogen-bond acceptors (Lipinski definition) is 3. The highest BCUT2D eigenvalue weighted by Gasteiger charge is 2.10. The summed E-state index contributed by atoms with van der Waals surface area (Å²) in [5, 5.41) is 3.32. The zero-order valence-electron chi connectivity index (χ0n) is 12.1. The van der Waals surface area contributed by atoms with E-state index in [4.69, 9.17) is 9.47 Å². The Morgan fingerprint density at radius 2 is 1.76 bits per heavy atom. The number of nitrogens with one attached hydrogen (secondary N) is 1. The second-order valence-electron chi connectivity index (χ2n) is 4.61. The van der Waals surface area contributed by atoms with E-state index in [1.54, 1.807) is 19.2 Å². The zero-order chi connectivity index (χ0) is 15.4. The second kappa shape index (κ2) is 6.80. The van der Waals surface area contributed by atoms with Crippen molar-refractivity contribution in [3.05, 3.63) is 52.3 Å². The minimum atomic E-state index is -0.372. The molecule has 0 aliphatic rings. The molecule has 1 N–H and O–H groups in total. The third kappa shape index (κ3) is 3.67. The summed E-state index contributed by atoms with van der Waals surface area (Å²) in [4.78, 5) is 0. The average molecular weight is 354 g/mol. The van der Waals surface area contributed by atoms with Crippen molar-refractivity contribution in [3.63, 3.8) is 0 Å². The summed E-state index contributed by atoms with van der Waals surface area (Å²) in [6.07, 6.45) is 0. The Morgan fingerprint density at radius 3 is 2.38 bits per heavy atom. The van der Waals surface area contributed by atoms with E-state index in [1.165, 1.54) is 13.2 Å². The molecule has 0 heterocycles. The first kappa shape index (κ1) is 15.6. The summed E-state index contributed by atoms with van der Waals surface area (Å²) in [6.45, 7) is 2.03. The van der Waals surface area contributed by atoms with Crippen LogP contribution in [0.25, 0.3) is 0 Å². The number of ether oxygens (including phenoxy) is 2. The number of benzene rings is 2. The van der Waals surface area contributed by atoms with Gasteiger partial charge in [0, 0.05) is 17.8 Å². The fourth-order valence-electron chi connectivity index (χ4n) is 2.03. The number of rotatable bonds is 5. The Bertz CT molecular complexity index is 634. The molecule has 0 aliphatic heterocycles. The molecule has 0 radical (unpaired) electrons. The van der Waals surface area contributed by atoms with Gasteiger partial charge in [-0.3, -0.25) is 0 Å². The Balaban J connectivity index is 2.17. The molecule has 2 aromatic carbocycles. The van der Waals surface area contributed by atoms with Crippen LogP contribution in [0.5, 0.6) is 11.5 Å². The van der Waals surface area contributed by atoms with E-state index in [1.807, 2.05) is 25.1 Å². The van der Waals surface area contributed by atoms with E-state index < -0.39 is 0 Å². The van der Waals surface area contributed by atoms with Gasteiger partial charge in [-0.15, -0.1) is 0 Å². The van der Waals surface area contributed by atoms with Gasteiger partial charge < -0.3 is 14.8 Å². The Morgan fingerprint density at radius 1 is 1.05 bits per heavy atom. The molecule has 0 saturated heterocycles. The lowest BCUT2D eigenvalue weighted by atomic mass is 10.1. The quantitative estimate of drug-likeness (QED) is 0.838. The predicted molar refractivity (Wildman–Crippen MR) is 85.7 cm³/mol. The van der Waals surface area contributed by atoms with Crippen LogP contribution in [0.1, 0.15) is 18.5 Å². The molecule has 3 nitrogen and oxygen atoms in total. The molecule has 0 aliphatic carbocycles. The van der Waals surface area contributed by atoms with Gasteiger partial charge in [0.25, 0.3) is 0 Å². The number of anilines is 1. The largest absolute Gasteiger partial charge is 0.496 e. The first-order valence-corrected chi connectivity index (χ1v) is 7.28. The summed E-state index contributed by atoms with van der Waals surface area (Å²) < 4.78 is 24.5. The molecular weight excluding hydrogens is 337 g/mol. The predicted octanol–water partition coefficient (Wildman–Crippen LogP) is 4.78. The molecule has 0 fully saturated rings. The smallest absolute Gasteiger partial charge is 0.165 e. The van der Waals surface area contributed by atoms with Crippen molar-refractivity contribution in [1.29, 1.82) is 0 Å². The molecule has 21 heavy (non-hydrogen) atoms. The first-order chi connectivity index (χ1) is 10.0. The van der Waals surface area contributed by atoms with Gasteiger partial charge in [0.05, 0.1) is 18.7 Å². The fraction of sp³-hybridized carbons (Fsp3) is 0.250. The molecule has 0 spiro atoms. The van der Waals surface area contributed by atoms with Crippen LogP contribution in [0.3, 0.4) is 0 Å². The van der Waals surface area contributed by atoms with Crippen LogP contribution >= 0.6 is 15.9 Å². The molecule has 112 valence electrons. The molecule has 0 bridgehead atoms. The van der Waals surface area contributed by atoms with Crippen LogP contribution in [0.15, 0.2) is 40.9 Å². The van der Waals surface area contributed by atoms with Crippen molar-refractivity contribution in [1.82, 2.24) is 0 Å². The van der Waals surface area contributed by atoms with E-state index in [2.05, 4.69) is 21.2 Å². The molecule has 0 saturated carbocycles. The number of hydrogen-bond donors (Lipinski definition) is 1. The highest BCUT2D eigenvalue weighted by Crippen LogP contribution is 2.30. The Kier molecular flexibility index (Phi) is 5.07. The van der Waals surface area contributed by atoms with Crippen LogP contribution in [0.4, 0.5) is 10.1 Å². The van der Waals surface area contributed by atoms with E-state index in [0.29, 0.717) is 0 Å². The summed E-state index contributed by atoms with van der Waals surface area (Å²) in [5.41, 5.74) is 1.89. The van der Waals surface area contributed by atoms with Crippen LogP contribution in [-0.4, -0.2) is 14.2 Å². The zero-order valence-corrected chi connectivity index (χ0v) is 13.7. The SMILES string of the molecule is COc1cc(NC(C)c2ccc(OC)c(Br)c2)ccc1F. The summed E-state index contributed by atoms with van der Waals surface area (Å²) in [6, 6.07) is 10.7. The van der Waals surface area contributed by atoms with Crippen molar-refractivity contribution in [2.45, 2.75) is 13.0 Å². The molecular formula is C16H17BrFNO2. The van der Waals surface area contributed by atoms with Gasteiger partial charge in [-0.05, 0) is 52.7 Å². The maximum absolute atomic E-state index is 13.4. The Hall–Kier alpha value is -1.75. The van der Waals surface area contributed by atoms with Crippen LogP contribution in [0, 0.1) is 5.82 Å². The van der Waals surface area contributed by atoms with Gasteiger partial charge in [-0.25, -0.2) is 4.39 Å². The fourth-order valence-corrected chi connectivity index (χ4v) is 2.59. The third-order valence-corrected chi connectivity index (χ3v) is 3.83. The molecule has 1 atom stereocenters. The lowest BCUT2D eigenvalue weighted by molar-refractivity contribution is 0.387. The van der Waals surface area contributed by atoms with Gasteiger partial charge in [-0.2, -0.15) is 0 Å². The van der Waals surface area contributed by atoms with Crippen LogP contribution in [0.2, 0.25) is 0 Å². The van der Waals surface area contributed by atoms with Gasteiger partial charge in [-0.1, -0.05) is 6.07 Å². The standard InChI is InChI=1S/C16H17BrFNO2/c1-10(11-4-7-15(20-2)13(17)8-11)19-12-5-6-14(18)16(9-12)21-3/h4-10,19H,1-3H3.